The number of hydrogen-bond donors (Lipinski definition) is 1. The van der Waals surface area contributed by atoms with E-state index < -0.39 is 31.1 Å². The van der Waals surface area contributed by atoms with Crippen LogP contribution in [0.15, 0.2) is 29.2 Å². The molecule has 1 aliphatic heterocycles. The molecule has 0 saturated carbocycles. The van der Waals surface area contributed by atoms with Gasteiger partial charge in [0, 0.05) is 21.8 Å². The van der Waals surface area contributed by atoms with Crippen LogP contribution >= 0.6 is 11.8 Å². The highest BCUT2D eigenvalue weighted by Crippen LogP contribution is 2.36. The number of hydrogen-bond acceptors (Lipinski definition) is 5. The smallest absolute Gasteiger partial charge is 0.406 e. The molecule has 0 aliphatic carbocycles. The van der Waals surface area contributed by atoms with Gasteiger partial charge in [0.05, 0.1) is 16.5 Å². The second-order valence-corrected chi connectivity index (χ2v) is 8.33. The third-order valence-electron chi connectivity index (χ3n) is 4.69. The molecule has 2 heterocycles. The van der Waals surface area contributed by atoms with Crippen LogP contribution in [0.5, 0.6) is 0 Å². The van der Waals surface area contributed by atoms with Gasteiger partial charge in [-0.25, -0.2) is 4.79 Å². The van der Waals surface area contributed by atoms with Crippen LogP contribution in [0.4, 0.5) is 18.9 Å². The van der Waals surface area contributed by atoms with Crippen LogP contribution in [0.2, 0.25) is 0 Å². The van der Waals surface area contributed by atoms with Crippen LogP contribution in [0, 0.1) is 13.8 Å². The molecule has 1 aromatic carbocycles. The monoisotopic (exact) mass is 440 g/mol. The molecule has 0 fully saturated rings. The Labute approximate surface area is 174 Å². The van der Waals surface area contributed by atoms with Gasteiger partial charge in [-0.3, -0.25) is 9.59 Å². The van der Waals surface area contributed by atoms with Crippen molar-refractivity contribution >= 4 is 35.1 Å². The maximum absolute atomic E-state index is 12.7. The highest BCUT2D eigenvalue weighted by Gasteiger charge is 2.30. The van der Waals surface area contributed by atoms with Crippen molar-refractivity contribution in [2.24, 2.45) is 0 Å². The lowest BCUT2D eigenvalue weighted by atomic mass is 10.1. The topological polar surface area (TPSA) is 77.4 Å². The molecule has 30 heavy (non-hydrogen) atoms. The Morgan fingerprint density at radius 2 is 1.93 bits per heavy atom. The lowest BCUT2D eigenvalue weighted by Gasteiger charge is -2.21. The van der Waals surface area contributed by atoms with Crippen molar-refractivity contribution in [3.8, 4) is 0 Å². The zero-order valence-corrected chi connectivity index (χ0v) is 17.2. The Hall–Kier alpha value is -2.75. The average Bonchev–Trinajstić information content (AvgIpc) is 2.93. The van der Waals surface area contributed by atoms with Crippen LogP contribution in [-0.4, -0.2) is 40.3 Å². The summed E-state index contributed by atoms with van der Waals surface area (Å²) in [5, 5.41) is 2.46. The molecule has 1 unspecified atom stereocenters. The summed E-state index contributed by atoms with van der Waals surface area (Å²) in [4.78, 5) is 37.3. The van der Waals surface area contributed by atoms with Gasteiger partial charge in [0.2, 0.25) is 11.7 Å². The van der Waals surface area contributed by atoms with E-state index in [0.717, 1.165) is 9.46 Å². The molecule has 6 nitrogen and oxygen atoms in total. The third-order valence-corrected chi connectivity index (χ3v) is 5.87. The number of thioether (sulfide) groups is 1. The highest BCUT2D eigenvalue weighted by molar-refractivity contribution is 8.00. The quantitative estimate of drug-likeness (QED) is 0.559. The van der Waals surface area contributed by atoms with Crippen LogP contribution in [0.25, 0.3) is 0 Å². The Bertz CT molecular complexity index is 1030. The number of carbonyl (C=O) groups is 3. The number of Topliss-reactive ketones (excluding diaryl/α,β-unsaturated/α-hetero) is 1. The lowest BCUT2D eigenvalue weighted by Crippen LogP contribution is -2.26. The highest BCUT2D eigenvalue weighted by atomic mass is 32.2. The molecule has 160 valence electrons. The number of alkyl halides is 3. The van der Waals surface area contributed by atoms with E-state index in [1.165, 1.54) is 43.8 Å². The van der Waals surface area contributed by atoms with Gasteiger partial charge in [-0.05, 0) is 45.0 Å². The van der Waals surface area contributed by atoms with Gasteiger partial charge in [-0.15, -0.1) is 11.8 Å². The van der Waals surface area contributed by atoms with Crippen LogP contribution in [-0.2, 0) is 16.1 Å². The molecule has 2 aromatic rings. The average molecular weight is 440 g/mol. The van der Waals surface area contributed by atoms with E-state index in [4.69, 9.17) is 4.74 Å². The molecule has 1 aliphatic rings. The van der Waals surface area contributed by atoms with E-state index >= 15 is 0 Å². The van der Waals surface area contributed by atoms with Crippen molar-refractivity contribution in [3.63, 3.8) is 0 Å². The minimum Gasteiger partial charge on any atom is -0.454 e. The van der Waals surface area contributed by atoms with Crippen LogP contribution in [0.1, 0.15) is 39.0 Å². The number of aromatic nitrogens is 1. The van der Waals surface area contributed by atoms with Crippen molar-refractivity contribution < 1.29 is 32.3 Å². The van der Waals surface area contributed by atoms with Gasteiger partial charge in [0.25, 0.3) is 0 Å². The standard InChI is InChI=1S/C20H19F3N2O4S/c1-10-6-14(11(2)25(10)9-20(21,22)23)16(26)8-29-19(28)13-4-5-17-15(7-13)24-18(27)12(3)30-17/h4-7,12H,8-9H2,1-3H3,(H,24,27). The second kappa shape index (κ2) is 8.17. The summed E-state index contributed by atoms with van der Waals surface area (Å²) in [6.45, 7) is 2.85. The van der Waals surface area contributed by atoms with E-state index in [0.29, 0.717) is 5.69 Å². The number of ketones is 1. The lowest BCUT2D eigenvalue weighted by molar-refractivity contribution is -0.141. The maximum atomic E-state index is 12.7. The first-order chi connectivity index (χ1) is 14.0. The minimum atomic E-state index is -4.42. The number of nitrogens with one attached hydrogen (secondary N) is 1. The number of benzene rings is 1. The van der Waals surface area contributed by atoms with Gasteiger partial charge >= 0.3 is 12.1 Å². The number of aryl methyl sites for hydroxylation is 1. The molecule has 0 saturated heterocycles. The first kappa shape index (κ1) is 21.9. The summed E-state index contributed by atoms with van der Waals surface area (Å²) in [5.74, 6) is -1.55. The minimum absolute atomic E-state index is 0.0765. The second-order valence-electron chi connectivity index (χ2n) is 6.95. The SMILES string of the molecule is Cc1cc(C(=O)COC(=O)c2ccc3c(c2)NC(=O)C(C)S3)c(C)n1CC(F)(F)F. The normalized spacial score (nSPS) is 16.1. The van der Waals surface area contributed by atoms with E-state index in [1.807, 2.05) is 0 Å². The zero-order valence-electron chi connectivity index (χ0n) is 16.4. The number of carbonyl (C=O) groups excluding carboxylic acids is 3. The maximum Gasteiger partial charge on any atom is 0.406 e. The molecule has 1 aromatic heterocycles. The number of esters is 1. The van der Waals surface area contributed by atoms with Gasteiger partial charge in [0.15, 0.2) is 6.61 Å². The summed E-state index contributed by atoms with van der Waals surface area (Å²) >= 11 is 1.36. The molecular weight excluding hydrogens is 421 g/mol. The van der Waals surface area contributed by atoms with Crippen molar-refractivity contribution in [1.82, 2.24) is 4.57 Å². The van der Waals surface area contributed by atoms with Crippen molar-refractivity contribution in [2.45, 2.75) is 43.6 Å². The first-order valence-corrected chi connectivity index (χ1v) is 9.89. The fraction of sp³-hybridized carbons (Fsp3) is 0.350. The fourth-order valence-electron chi connectivity index (χ4n) is 3.13. The third kappa shape index (κ3) is 4.69. The number of fused-ring (bicyclic) bond motifs is 1. The van der Waals surface area contributed by atoms with E-state index in [9.17, 15) is 27.6 Å². The number of halogens is 3. The van der Waals surface area contributed by atoms with Crippen molar-refractivity contribution in [1.29, 1.82) is 0 Å². The number of anilines is 1. The van der Waals surface area contributed by atoms with Gasteiger partial charge in [-0.2, -0.15) is 13.2 Å². The van der Waals surface area contributed by atoms with E-state index in [2.05, 4.69) is 5.32 Å². The number of nitrogens with zero attached hydrogens (tertiary/aromatic N) is 1. The van der Waals surface area contributed by atoms with E-state index in [1.54, 1.807) is 13.0 Å². The number of ether oxygens (including phenoxy) is 1. The Morgan fingerprint density at radius 3 is 2.60 bits per heavy atom. The fourth-order valence-corrected chi connectivity index (χ4v) is 4.06. The molecule has 1 atom stereocenters. The molecule has 0 spiro atoms. The molecular formula is C20H19F3N2O4S. The van der Waals surface area contributed by atoms with E-state index in [-0.39, 0.29) is 33.7 Å². The van der Waals surface area contributed by atoms with Gasteiger partial charge in [-0.1, -0.05) is 0 Å². The molecule has 0 bridgehead atoms. The Balaban J connectivity index is 1.68. The molecule has 3 rings (SSSR count). The summed E-state index contributed by atoms with van der Waals surface area (Å²) < 4.78 is 44.2. The largest absolute Gasteiger partial charge is 0.454 e. The predicted molar refractivity (Wildman–Crippen MR) is 105 cm³/mol. The van der Waals surface area contributed by atoms with Crippen LogP contribution in [0.3, 0.4) is 0 Å². The van der Waals surface area contributed by atoms with Crippen LogP contribution < -0.4 is 5.32 Å². The Kier molecular flexibility index (Phi) is 5.98. The molecule has 1 amide bonds. The molecule has 10 heteroatoms. The van der Waals surface area contributed by atoms with Crippen molar-refractivity contribution in [3.05, 3.63) is 46.8 Å². The predicted octanol–water partition coefficient (Wildman–Crippen LogP) is 4.14. The summed E-state index contributed by atoms with van der Waals surface area (Å²) in [6.07, 6.45) is -4.42. The summed E-state index contributed by atoms with van der Waals surface area (Å²) in [5.41, 5.74) is 1.16. The first-order valence-electron chi connectivity index (χ1n) is 9.01. The van der Waals surface area contributed by atoms with Gasteiger partial charge < -0.3 is 14.6 Å². The van der Waals surface area contributed by atoms with Crippen molar-refractivity contribution in [2.75, 3.05) is 11.9 Å². The molecule has 1 N–H and O–H groups in total. The number of amides is 1. The van der Waals surface area contributed by atoms with Gasteiger partial charge in [0.1, 0.15) is 6.54 Å². The molecule has 0 radical (unpaired) electrons. The Morgan fingerprint density at radius 1 is 1.23 bits per heavy atom. The summed E-state index contributed by atoms with van der Waals surface area (Å²) in [6, 6.07) is 6.02. The zero-order chi connectivity index (χ0) is 22.2. The number of rotatable bonds is 5. The summed E-state index contributed by atoms with van der Waals surface area (Å²) in [7, 11) is 0.